The third kappa shape index (κ3) is 2.44. The number of nitrogens with one attached hydrogen (secondary N) is 2. The van der Waals surface area contributed by atoms with Crippen LogP contribution in [0.4, 0.5) is 0 Å². The van der Waals surface area contributed by atoms with Crippen molar-refractivity contribution < 1.29 is 4.79 Å². The lowest BCUT2D eigenvalue weighted by Gasteiger charge is -2.02. The van der Waals surface area contributed by atoms with Gasteiger partial charge in [-0.2, -0.15) is 0 Å². The Bertz CT molecular complexity index is 461. The molecule has 2 heterocycles. The van der Waals surface area contributed by atoms with E-state index in [2.05, 4.69) is 20.3 Å². The lowest BCUT2D eigenvalue weighted by atomic mass is 10.2. The number of hydrogen-bond donors (Lipinski definition) is 2. The van der Waals surface area contributed by atoms with Crippen molar-refractivity contribution in [1.29, 1.82) is 0 Å². The van der Waals surface area contributed by atoms with E-state index in [0.29, 0.717) is 12.1 Å². The van der Waals surface area contributed by atoms with Crippen LogP contribution in [0, 0.1) is 6.92 Å². The van der Waals surface area contributed by atoms with Gasteiger partial charge in [0.2, 0.25) is 0 Å². The Morgan fingerprint density at radius 3 is 2.94 bits per heavy atom. The molecule has 0 radical (unpaired) electrons. The summed E-state index contributed by atoms with van der Waals surface area (Å²) in [4.78, 5) is 22.6. The number of hydrogen-bond acceptors (Lipinski definition) is 3. The molecule has 0 aliphatic carbocycles. The van der Waals surface area contributed by atoms with Gasteiger partial charge in [-0.25, -0.2) is 4.98 Å². The molecule has 0 unspecified atom stereocenters. The molecule has 2 rings (SSSR count). The molecule has 2 aromatic heterocycles. The first-order valence-electron chi connectivity index (χ1n) is 4.95. The number of amides is 1. The van der Waals surface area contributed by atoms with Gasteiger partial charge in [0.05, 0.1) is 12.1 Å². The maximum absolute atomic E-state index is 11.7. The van der Waals surface area contributed by atoms with Crippen LogP contribution in [0.2, 0.25) is 0 Å². The maximum Gasteiger partial charge on any atom is 0.253 e. The number of carbonyl (C=O) groups is 1. The summed E-state index contributed by atoms with van der Waals surface area (Å²) in [5.41, 5.74) is 1.44. The number of imidazole rings is 1. The fourth-order valence-corrected chi connectivity index (χ4v) is 1.26. The van der Waals surface area contributed by atoms with Crippen LogP contribution in [0.5, 0.6) is 0 Å². The van der Waals surface area contributed by atoms with Crippen molar-refractivity contribution in [3.05, 3.63) is 47.8 Å². The summed E-state index contributed by atoms with van der Waals surface area (Å²) >= 11 is 0. The molecule has 16 heavy (non-hydrogen) atoms. The molecular weight excluding hydrogens is 204 g/mol. The average Bonchev–Trinajstić information content (AvgIpc) is 2.80. The van der Waals surface area contributed by atoms with Crippen molar-refractivity contribution in [1.82, 2.24) is 20.3 Å². The number of pyridine rings is 1. The fourth-order valence-electron chi connectivity index (χ4n) is 1.26. The Morgan fingerprint density at radius 2 is 2.31 bits per heavy atom. The van der Waals surface area contributed by atoms with Crippen molar-refractivity contribution in [2.75, 3.05) is 0 Å². The summed E-state index contributed by atoms with van der Waals surface area (Å²) in [6, 6.07) is 3.56. The van der Waals surface area contributed by atoms with E-state index in [1.54, 1.807) is 24.7 Å². The highest BCUT2D eigenvalue weighted by Crippen LogP contribution is 1.99. The van der Waals surface area contributed by atoms with E-state index in [-0.39, 0.29) is 5.91 Å². The highest BCUT2D eigenvalue weighted by molar-refractivity contribution is 5.93. The van der Waals surface area contributed by atoms with Gasteiger partial charge in [0.15, 0.2) is 0 Å². The van der Waals surface area contributed by atoms with Crippen LogP contribution in [-0.2, 0) is 6.54 Å². The minimum absolute atomic E-state index is 0.149. The first-order chi connectivity index (χ1) is 7.75. The van der Waals surface area contributed by atoms with Crippen LogP contribution in [0.1, 0.15) is 21.9 Å². The summed E-state index contributed by atoms with van der Waals surface area (Å²) in [6.45, 7) is 2.27. The summed E-state index contributed by atoms with van der Waals surface area (Å²) < 4.78 is 0. The van der Waals surface area contributed by atoms with Gasteiger partial charge in [0.1, 0.15) is 5.82 Å². The quantitative estimate of drug-likeness (QED) is 0.805. The normalized spacial score (nSPS) is 10.1. The van der Waals surface area contributed by atoms with Crippen LogP contribution < -0.4 is 5.32 Å². The van der Waals surface area contributed by atoms with Crippen LogP contribution in [0.3, 0.4) is 0 Å². The molecule has 0 fully saturated rings. The lowest BCUT2D eigenvalue weighted by molar-refractivity contribution is 0.0949. The molecule has 2 aromatic rings. The van der Waals surface area contributed by atoms with Gasteiger partial charge in [-0.05, 0) is 19.1 Å². The molecule has 0 aromatic carbocycles. The molecule has 0 aliphatic heterocycles. The van der Waals surface area contributed by atoms with E-state index < -0.39 is 0 Å². The molecule has 0 saturated heterocycles. The summed E-state index contributed by atoms with van der Waals surface area (Å²) in [7, 11) is 0. The number of H-pyrrole nitrogens is 1. The summed E-state index contributed by atoms with van der Waals surface area (Å²) in [5.74, 6) is 0.581. The standard InChI is InChI=1S/C11H12N4O/c1-8-2-3-9(6-14-8)11(16)15-7-10-12-4-5-13-10/h2-6H,7H2,1H3,(H,12,13)(H,15,16). The largest absolute Gasteiger partial charge is 0.347 e. The second-order valence-corrected chi connectivity index (χ2v) is 3.41. The Labute approximate surface area is 92.9 Å². The van der Waals surface area contributed by atoms with Gasteiger partial charge in [0.25, 0.3) is 5.91 Å². The fraction of sp³-hybridized carbons (Fsp3) is 0.182. The SMILES string of the molecule is Cc1ccc(C(=O)NCc2ncc[nH]2)cn1. The van der Waals surface area contributed by atoms with Crippen LogP contribution in [0.15, 0.2) is 30.7 Å². The predicted molar refractivity (Wildman–Crippen MR) is 58.7 cm³/mol. The number of nitrogens with zero attached hydrogens (tertiary/aromatic N) is 2. The predicted octanol–water partition coefficient (Wildman–Crippen LogP) is 1.04. The average molecular weight is 216 g/mol. The number of aromatic nitrogens is 3. The lowest BCUT2D eigenvalue weighted by Crippen LogP contribution is -2.23. The molecule has 0 bridgehead atoms. The summed E-state index contributed by atoms with van der Waals surface area (Å²) in [5, 5.41) is 2.75. The Balaban J connectivity index is 1.95. The van der Waals surface area contributed by atoms with Gasteiger partial charge in [-0.15, -0.1) is 0 Å². The molecule has 2 N–H and O–H groups in total. The third-order valence-corrected chi connectivity index (χ3v) is 2.14. The molecule has 0 spiro atoms. The number of aryl methyl sites for hydroxylation is 1. The van der Waals surface area contributed by atoms with Gasteiger partial charge in [0, 0.05) is 24.3 Å². The molecule has 0 atom stereocenters. The number of carbonyl (C=O) groups excluding carboxylic acids is 1. The van der Waals surface area contributed by atoms with Crippen molar-refractivity contribution in [2.45, 2.75) is 13.5 Å². The zero-order chi connectivity index (χ0) is 11.4. The highest BCUT2D eigenvalue weighted by Gasteiger charge is 2.05. The molecule has 1 amide bonds. The van der Waals surface area contributed by atoms with Crippen molar-refractivity contribution >= 4 is 5.91 Å². The topological polar surface area (TPSA) is 70.7 Å². The van der Waals surface area contributed by atoms with E-state index in [4.69, 9.17) is 0 Å². The molecule has 5 nitrogen and oxygen atoms in total. The Hall–Kier alpha value is -2.17. The van der Waals surface area contributed by atoms with Crippen LogP contribution >= 0.6 is 0 Å². The molecule has 82 valence electrons. The minimum Gasteiger partial charge on any atom is -0.347 e. The zero-order valence-electron chi connectivity index (χ0n) is 8.90. The first-order valence-corrected chi connectivity index (χ1v) is 4.95. The monoisotopic (exact) mass is 216 g/mol. The highest BCUT2D eigenvalue weighted by atomic mass is 16.1. The maximum atomic E-state index is 11.7. The number of rotatable bonds is 3. The van der Waals surface area contributed by atoms with Crippen LogP contribution in [-0.4, -0.2) is 20.9 Å². The molecule has 5 heteroatoms. The first kappa shape index (κ1) is 10.4. The van der Waals surface area contributed by atoms with Gasteiger partial charge >= 0.3 is 0 Å². The van der Waals surface area contributed by atoms with Crippen molar-refractivity contribution in [2.24, 2.45) is 0 Å². The van der Waals surface area contributed by atoms with E-state index in [9.17, 15) is 4.79 Å². The minimum atomic E-state index is -0.149. The Morgan fingerprint density at radius 1 is 1.44 bits per heavy atom. The molecule has 0 aliphatic rings. The third-order valence-electron chi connectivity index (χ3n) is 2.14. The van der Waals surface area contributed by atoms with Crippen molar-refractivity contribution in [3.8, 4) is 0 Å². The van der Waals surface area contributed by atoms with Gasteiger partial charge in [-0.3, -0.25) is 9.78 Å². The van der Waals surface area contributed by atoms with E-state index in [1.165, 1.54) is 0 Å². The van der Waals surface area contributed by atoms with Crippen molar-refractivity contribution in [3.63, 3.8) is 0 Å². The second kappa shape index (κ2) is 4.57. The Kier molecular flexibility index (Phi) is 2.95. The van der Waals surface area contributed by atoms with E-state index in [0.717, 1.165) is 11.5 Å². The molecular formula is C11H12N4O. The van der Waals surface area contributed by atoms with E-state index >= 15 is 0 Å². The smallest absolute Gasteiger partial charge is 0.253 e. The second-order valence-electron chi connectivity index (χ2n) is 3.41. The van der Waals surface area contributed by atoms with Crippen LogP contribution in [0.25, 0.3) is 0 Å². The summed E-state index contributed by atoms with van der Waals surface area (Å²) in [6.07, 6.45) is 4.93. The zero-order valence-corrected chi connectivity index (χ0v) is 8.90. The van der Waals surface area contributed by atoms with E-state index in [1.807, 2.05) is 13.0 Å². The number of aromatic amines is 1. The molecule has 0 saturated carbocycles. The van der Waals surface area contributed by atoms with Gasteiger partial charge in [-0.1, -0.05) is 0 Å². The van der Waals surface area contributed by atoms with Gasteiger partial charge < -0.3 is 10.3 Å².